The highest BCUT2D eigenvalue weighted by Gasteiger charge is 2.21. The van der Waals surface area contributed by atoms with Crippen LogP contribution in [0.5, 0.6) is 0 Å². The van der Waals surface area contributed by atoms with Crippen molar-refractivity contribution in [3.8, 4) is 11.3 Å². The standard InChI is InChI=1S/C24H27N5O2/c1-29(2)10-4-6-16-8-9-20-21(12-16)27-22(31)13-18-14-25-24(28-23(18)20)26-19-7-3-5-17(11-19)15-30/h3,5,7-9,11-12,14,30H,4,6,10,13,15H2,1-2H3,(H,27,31)(H,25,26,28). The molecule has 2 aromatic carbocycles. The van der Waals surface area contributed by atoms with Gasteiger partial charge in [0, 0.05) is 23.0 Å². The number of hydrogen-bond donors (Lipinski definition) is 3. The third-order valence-corrected chi connectivity index (χ3v) is 5.27. The van der Waals surface area contributed by atoms with E-state index in [-0.39, 0.29) is 18.9 Å². The van der Waals surface area contributed by atoms with Crippen molar-refractivity contribution in [2.45, 2.75) is 25.9 Å². The first-order valence-electron chi connectivity index (χ1n) is 10.4. The largest absolute Gasteiger partial charge is 0.392 e. The number of aryl methyl sites for hydroxylation is 1. The maximum atomic E-state index is 12.5. The number of aliphatic hydroxyl groups excluding tert-OH is 1. The van der Waals surface area contributed by atoms with Crippen molar-refractivity contribution >= 4 is 23.2 Å². The Labute approximate surface area is 182 Å². The van der Waals surface area contributed by atoms with Gasteiger partial charge >= 0.3 is 0 Å². The summed E-state index contributed by atoms with van der Waals surface area (Å²) in [6.07, 6.45) is 3.95. The zero-order valence-electron chi connectivity index (χ0n) is 17.9. The molecule has 7 nitrogen and oxygen atoms in total. The summed E-state index contributed by atoms with van der Waals surface area (Å²) in [6, 6.07) is 13.7. The summed E-state index contributed by atoms with van der Waals surface area (Å²) in [5.74, 6) is 0.384. The van der Waals surface area contributed by atoms with E-state index in [2.05, 4.69) is 46.7 Å². The predicted molar refractivity (Wildman–Crippen MR) is 122 cm³/mol. The van der Waals surface area contributed by atoms with Gasteiger partial charge in [-0.25, -0.2) is 9.97 Å². The van der Waals surface area contributed by atoms with Crippen molar-refractivity contribution < 1.29 is 9.90 Å². The van der Waals surface area contributed by atoms with Crippen LogP contribution < -0.4 is 10.6 Å². The number of hydrogen-bond acceptors (Lipinski definition) is 6. The number of rotatable bonds is 7. The van der Waals surface area contributed by atoms with Crippen LogP contribution in [-0.4, -0.2) is 46.5 Å². The Kier molecular flexibility index (Phi) is 6.25. The van der Waals surface area contributed by atoms with E-state index in [4.69, 9.17) is 4.98 Å². The minimum atomic E-state index is -0.0644. The SMILES string of the molecule is CN(C)CCCc1ccc2c(c1)NC(=O)Cc1cnc(Nc3cccc(CO)c3)nc1-2. The van der Waals surface area contributed by atoms with E-state index in [1.165, 1.54) is 5.56 Å². The number of aliphatic hydroxyl groups is 1. The molecule has 0 atom stereocenters. The minimum Gasteiger partial charge on any atom is -0.392 e. The second-order valence-corrected chi connectivity index (χ2v) is 8.06. The van der Waals surface area contributed by atoms with Crippen molar-refractivity contribution in [3.63, 3.8) is 0 Å². The van der Waals surface area contributed by atoms with Crippen LogP contribution in [-0.2, 0) is 24.2 Å². The molecule has 1 aromatic heterocycles. The van der Waals surface area contributed by atoms with Crippen LogP contribution in [0.4, 0.5) is 17.3 Å². The van der Waals surface area contributed by atoms with Crippen molar-refractivity contribution in [1.82, 2.24) is 14.9 Å². The molecule has 3 N–H and O–H groups in total. The molecule has 31 heavy (non-hydrogen) atoms. The highest BCUT2D eigenvalue weighted by atomic mass is 16.3. The van der Waals surface area contributed by atoms with Crippen molar-refractivity contribution in [2.75, 3.05) is 31.3 Å². The molecule has 0 saturated heterocycles. The van der Waals surface area contributed by atoms with Gasteiger partial charge in [-0.15, -0.1) is 0 Å². The van der Waals surface area contributed by atoms with Gasteiger partial charge in [0.15, 0.2) is 0 Å². The third kappa shape index (κ3) is 5.07. The molecule has 0 spiro atoms. The number of aromatic nitrogens is 2. The van der Waals surface area contributed by atoms with E-state index < -0.39 is 0 Å². The lowest BCUT2D eigenvalue weighted by Gasteiger charge is -2.13. The molecule has 3 aromatic rings. The van der Waals surface area contributed by atoms with Gasteiger partial charge in [0.25, 0.3) is 0 Å². The summed E-state index contributed by atoms with van der Waals surface area (Å²) >= 11 is 0. The number of amides is 1. The molecule has 0 saturated carbocycles. The molecular weight excluding hydrogens is 390 g/mol. The van der Waals surface area contributed by atoms with E-state index >= 15 is 0 Å². The molecule has 4 rings (SSSR count). The first-order valence-corrected chi connectivity index (χ1v) is 10.4. The molecule has 160 valence electrons. The fourth-order valence-electron chi connectivity index (χ4n) is 3.73. The molecule has 1 aliphatic heterocycles. The van der Waals surface area contributed by atoms with Gasteiger partial charge < -0.3 is 20.6 Å². The molecule has 0 aliphatic carbocycles. The van der Waals surface area contributed by atoms with Crippen LogP contribution in [0.1, 0.15) is 23.1 Å². The van der Waals surface area contributed by atoms with Gasteiger partial charge in [-0.1, -0.05) is 24.3 Å². The van der Waals surface area contributed by atoms with Crippen LogP contribution in [0, 0.1) is 0 Å². The Hall–Kier alpha value is -3.29. The molecule has 1 aliphatic rings. The highest BCUT2D eigenvalue weighted by molar-refractivity contribution is 6.00. The number of benzene rings is 2. The number of fused-ring (bicyclic) bond motifs is 3. The molecule has 2 heterocycles. The topological polar surface area (TPSA) is 90.4 Å². The Balaban J connectivity index is 1.64. The Morgan fingerprint density at radius 2 is 2.03 bits per heavy atom. The molecule has 7 heteroatoms. The lowest BCUT2D eigenvalue weighted by Crippen LogP contribution is -2.14. The van der Waals surface area contributed by atoms with Crippen LogP contribution in [0.2, 0.25) is 0 Å². The van der Waals surface area contributed by atoms with E-state index in [1.807, 2.05) is 30.3 Å². The quantitative estimate of drug-likeness (QED) is 0.546. The molecule has 1 amide bonds. The van der Waals surface area contributed by atoms with Gasteiger partial charge in [0.05, 0.1) is 24.4 Å². The lowest BCUT2D eigenvalue weighted by atomic mass is 10.0. The maximum absolute atomic E-state index is 12.5. The van der Waals surface area contributed by atoms with Crippen LogP contribution in [0.25, 0.3) is 11.3 Å². The highest BCUT2D eigenvalue weighted by Crippen LogP contribution is 2.34. The predicted octanol–water partition coefficient (Wildman–Crippen LogP) is 3.37. The van der Waals surface area contributed by atoms with Gasteiger partial charge in [-0.3, -0.25) is 4.79 Å². The summed E-state index contributed by atoms with van der Waals surface area (Å²) in [7, 11) is 4.14. The van der Waals surface area contributed by atoms with Crippen molar-refractivity contribution in [1.29, 1.82) is 0 Å². The van der Waals surface area contributed by atoms with Crippen LogP contribution >= 0.6 is 0 Å². The molecule has 0 bridgehead atoms. The number of anilines is 3. The first kappa shape index (κ1) is 21.0. The summed E-state index contributed by atoms with van der Waals surface area (Å²) in [4.78, 5) is 23.8. The van der Waals surface area contributed by atoms with Crippen molar-refractivity contribution in [2.24, 2.45) is 0 Å². The number of nitrogens with one attached hydrogen (secondary N) is 2. The average molecular weight is 418 g/mol. The summed E-state index contributed by atoms with van der Waals surface area (Å²) in [5.41, 5.74) is 6.03. The Morgan fingerprint density at radius 3 is 2.84 bits per heavy atom. The molecule has 0 fully saturated rings. The van der Waals surface area contributed by atoms with E-state index in [1.54, 1.807) is 6.20 Å². The monoisotopic (exact) mass is 417 g/mol. The lowest BCUT2D eigenvalue weighted by molar-refractivity contribution is -0.115. The fraction of sp³-hybridized carbons (Fsp3) is 0.292. The molecular formula is C24H27N5O2. The maximum Gasteiger partial charge on any atom is 0.228 e. The minimum absolute atomic E-state index is 0.0292. The van der Waals surface area contributed by atoms with Crippen LogP contribution in [0.3, 0.4) is 0 Å². The second-order valence-electron chi connectivity index (χ2n) is 8.06. The fourth-order valence-corrected chi connectivity index (χ4v) is 3.73. The van der Waals surface area contributed by atoms with Gasteiger partial charge in [0.2, 0.25) is 11.9 Å². The Bertz CT molecular complexity index is 1100. The average Bonchev–Trinajstić information content (AvgIpc) is 2.88. The second kappa shape index (κ2) is 9.24. The van der Waals surface area contributed by atoms with Gasteiger partial charge in [-0.05, 0) is 62.8 Å². The van der Waals surface area contributed by atoms with Crippen LogP contribution in [0.15, 0.2) is 48.7 Å². The Morgan fingerprint density at radius 1 is 1.16 bits per heavy atom. The van der Waals surface area contributed by atoms with Gasteiger partial charge in [0.1, 0.15) is 0 Å². The zero-order valence-corrected chi connectivity index (χ0v) is 17.9. The number of nitrogens with zero attached hydrogens (tertiary/aromatic N) is 3. The van der Waals surface area contributed by atoms with E-state index in [0.29, 0.717) is 5.95 Å². The summed E-state index contributed by atoms with van der Waals surface area (Å²) < 4.78 is 0. The third-order valence-electron chi connectivity index (χ3n) is 5.27. The first-order chi connectivity index (χ1) is 15.0. The van der Waals surface area contributed by atoms with E-state index in [9.17, 15) is 9.90 Å². The molecule has 0 radical (unpaired) electrons. The molecule has 0 unspecified atom stereocenters. The summed E-state index contributed by atoms with van der Waals surface area (Å²) in [6.45, 7) is 0.991. The number of carbonyl (C=O) groups excluding carboxylic acids is 1. The van der Waals surface area contributed by atoms with Crippen molar-refractivity contribution in [3.05, 3.63) is 65.4 Å². The number of carbonyl (C=O) groups is 1. The zero-order chi connectivity index (χ0) is 21.8. The van der Waals surface area contributed by atoms with E-state index in [0.717, 1.165) is 53.1 Å². The normalized spacial score (nSPS) is 12.7. The summed E-state index contributed by atoms with van der Waals surface area (Å²) in [5, 5.41) is 15.6. The smallest absolute Gasteiger partial charge is 0.228 e. The van der Waals surface area contributed by atoms with Gasteiger partial charge in [-0.2, -0.15) is 0 Å².